The fraction of sp³-hybridized carbons (Fsp3) is 0.389. The fourth-order valence-electron chi connectivity index (χ4n) is 3.14. The molecule has 1 fully saturated rings. The van der Waals surface area contributed by atoms with Crippen LogP contribution in [0.4, 0.5) is 5.95 Å². The van der Waals surface area contributed by atoms with Gasteiger partial charge in [0, 0.05) is 19.3 Å². The molecule has 7 nitrogen and oxygen atoms in total. The number of carbonyl (C=O) groups excluding carboxylic acids is 1. The van der Waals surface area contributed by atoms with Crippen molar-refractivity contribution in [3.05, 3.63) is 47.3 Å². The number of aromatic nitrogens is 2. The number of aliphatic hydroxyl groups excluding tert-OH is 1. The number of benzene rings is 1. The number of nitrogens with zero attached hydrogens (tertiary/aromatic N) is 3. The van der Waals surface area contributed by atoms with Gasteiger partial charge < -0.3 is 20.1 Å². The van der Waals surface area contributed by atoms with Gasteiger partial charge in [-0.15, -0.1) is 0 Å². The predicted octanol–water partition coefficient (Wildman–Crippen LogP) is 1.78. The Morgan fingerprint density at radius 1 is 1.36 bits per heavy atom. The molecule has 132 valence electrons. The van der Waals surface area contributed by atoms with E-state index >= 15 is 0 Å². The van der Waals surface area contributed by atoms with Crippen molar-refractivity contribution in [1.82, 2.24) is 14.9 Å². The maximum atomic E-state index is 13.0. The number of methoxy groups -OCH3 is 1. The van der Waals surface area contributed by atoms with E-state index in [0.29, 0.717) is 23.8 Å². The molecule has 0 saturated carbocycles. The maximum absolute atomic E-state index is 13.0. The number of nitrogens with one attached hydrogen (secondary N) is 1. The van der Waals surface area contributed by atoms with Crippen LogP contribution in [0.2, 0.25) is 0 Å². The summed E-state index contributed by atoms with van der Waals surface area (Å²) in [6.45, 7) is 2.09. The second-order valence-corrected chi connectivity index (χ2v) is 6.11. The molecule has 0 bridgehead atoms. The Bertz CT molecular complexity index is 781. The Labute approximate surface area is 146 Å². The Kier molecular flexibility index (Phi) is 4.85. The van der Waals surface area contributed by atoms with Crippen LogP contribution in [0, 0.1) is 6.92 Å². The van der Waals surface area contributed by atoms with E-state index in [0.717, 1.165) is 11.3 Å². The third kappa shape index (κ3) is 3.56. The zero-order valence-electron chi connectivity index (χ0n) is 14.6. The van der Waals surface area contributed by atoms with E-state index in [4.69, 9.17) is 4.74 Å². The molecule has 0 spiro atoms. The highest BCUT2D eigenvalue weighted by Gasteiger charge is 2.36. The lowest BCUT2D eigenvalue weighted by molar-refractivity contribution is 0.0709. The van der Waals surface area contributed by atoms with Crippen molar-refractivity contribution in [1.29, 1.82) is 0 Å². The summed E-state index contributed by atoms with van der Waals surface area (Å²) < 4.78 is 5.27. The van der Waals surface area contributed by atoms with E-state index in [2.05, 4.69) is 15.3 Å². The SMILES string of the molecule is CNc1nc(C)cc(C(=O)N2C[C@@H](O)C[C@H]2c2cccc(OC)c2)n1. The summed E-state index contributed by atoms with van der Waals surface area (Å²) in [7, 11) is 3.32. The first kappa shape index (κ1) is 17.2. The number of carbonyl (C=O) groups is 1. The van der Waals surface area contributed by atoms with Gasteiger partial charge in [0.25, 0.3) is 5.91 Å². The molecule has 1 aliphatic rings. The topological polar surface area (TPSA) is 87.6 Å². The van der Waals surface area contributed by atoms with Gasteiger partial charge in [0.05, 0.1) is 19.3 Å². The monoisotopic (exact) mass is 342 g/mol. The molecule has 2 heterocycles. The van der Waals surface area contributed by atoms with Gasteiger partial charge in [-0.25, -0.2) is 9.97 Å². The summed E-state index contributed by atoms with van der Waals surface area (Å²) in [4.78, 5) is 23.2. The first-order valence-electron chi connectivity index (χ1n) is 8.18. The normalized spacial score (nSPS) is 19.8. The van der Waals surface area contributed by atoms with Crippen LogP contribution in [0.25, 0.3) is 0 Å². The van der Waals surface area contributed by atoms with Crippen LogP contribution in [0.3, 0.4) is 0 Å². The van der Waals surface area contributed by atoms with Crippen LogP contribution in [-0.4, -0.2) is 52.7 Å². The summed E-state index contributed by atoms with van der Waals surface area (Å²) in [5.41, 5.74) is 1.96. The minimum absolute atomic E-state index is 0.216. The first-order valence-corrected chi connectivity index (χ1v) is 8.18. The van der Waals surface area contributed by atoms with Gasteiger partial charge in [-0.3, -0.25) is 4.79 Å². The number of likely N-dealkylation sites (tertiary alicyclic amines) is 1. The van der Waals surface area contributed by atoms with Crippen molar-refractivity contribution in [2.75, 3.05) is 26.0 Å². The Hall–Kier alpha value is -2.67. The number of ether oxygens (including phenoxy) is 1. The number of hydrogen-bond donors (Lipinski definition) is 2. The molecule has 2 atom stereocenters. The lowest BCUT2D eigenvalue weighted by Crippen LogP contribution is -2.32. The van der Waals surface area contributed by atoms with E-state index in [1.54, 1.807) is 25.1 Å². The van der Waals surface area contributed by atoms with Crippen LogP contribution in [0.15, 0.2) is 30.3 Å². The highest BCUT2D eigenvalue weighted by molar-refractivity contribution is 5.93. The molecule has 7 heteroatoms. The van der Waals surface area contributed by atoms with Crippen LogP contribution in [0.5, 0.6) is 5.75 Å². The van der Waals surface area contributed by atoms with Gasteiger partial charge in [0.1, 0.15) is 11.4 Å². The largest absolute Gasteiger partial charge is 0.497 e. The van der Waals surface area contributed by atoms with Crippen LogP contribution in [-0.2, 0) is 0 Å². The molecular weight excluding hydrogens is 320 g/mol. The number of aliphatic hydroxyl groups is 1. The van der Waals surface area contributed by atoms with Crippen LogP contribution < -0.4 is 10.1 Å². The molecule has 1 aliphatic heterocycles. The summed E-state index contributed by atoms with van der Waals surface area (Å²) in [6.07, 6.45) is -0.0751. The quantitative estimate of drug-likeness (QED) is 0.881. The highest BCUT2D eigenvalue weighted by atomic mass is 16.5. The Balaban J connectivity index is 1.93. The maximum Gasteiger partial charge on any atom is 0.273 e. The van der Waals surface area contributed by atoms with E-state index in [-0.39, 0.29) is 18.5 Å². The molecule has 25 heavy (non-hydrogen) atoms. The smallest absolute Gasteiger partial charge is 0.273 e. The molecule has 0 unspecified atom stereocenters. The van der Waals surface area contributed by atoms with Crippen molar-refractivity contribution in [2.24, 2.45) is 0 Å². The van der Waals surface area contributed by atoms with Crippen molar-refractivity contribution in [3.63, 3.8) is 0 Å². The average Bonchev–Trinajstić information content (AvgIpc) is 3.02. The van der Waals surface area contributed by atoms with Crippen molar-refractivity contribution in [2.45, 2.75) is 25.5 Å². The van der Waals surface area contributed by atoms with Gasteiger partial charge in [-0.2, -0.15) is 0 Å². The van der Waals surface area contributed by atoms with E-state index in [1.165, 1.54) is 0 Å². The number of amides is 1. The minimum atomic E-state index is -0.563. The van der Waals surface area contributed by atoms with E-state index in [9.17, 15) is 9.90 Å². The number of aryl methyl sites for hydroxylation is 1. The lowest BCUT2D eigenvalue weighted by atomic mass is 10.0. The molecule has 2 aromatic rings. The molecule has 1 aromatic heterocycles. The zero-order chi connectivity index (χ0) is 18.0. The third-order valence-electron chi connectivity index (χ3n) is 4.32. The van der Waals surface area contributed by atoms with Crippen LogP contribution >= 0.6 is 0 Å². The summed E-state index contributed by atoms with van der Waals surface area (Å²) in [6, 6.07) is 9.02. The predicted molar refractivity (Wildman–Crippen MR) is 93.7 cm³/mol. The van der Waals surface area contributed by atoms with Gasteiger partial charge in [0.2, 0.25) is 5.95 Å². The van der Waals surface area contributed by atoms with E-state index in [1.807, 2.05) is 31.2 Å². The Morgan fingerprint density at radius 3 is 2.88 bits per heavy atom. The molecule has 1 amide bonds. The van der Waals surface area contributed by atoms with Crippen molar-refractivity contribution in [3.8, 4) is 5.75 Å². The standard InChI is InChI=1S/C18H22N4O3/c1-11-7-15(21-18(19-2)20-11)17(24)22-10-13(23)9-16(22)12-5-4-6-14(8-12)25-3/h4-8,13,16,23H,9-10H2,1-3H3,(H,19,20,21)/t13-,16-/m0/s1. The second-order valence-electron chi connectivity index (χ2n) is 6.11. The third-order valence-corrected chi connectivity index (χ3v) is 4.32. The van der Waals surface area contributed by atoms with Gasteiger partial charge in [0.15, 0.2) is 0 Å². The van der Waals surface area contributed by atoms with Gasteiger partial charge in [-0.05, 0) is 37.1 Å². The Morgan fingerprint density at radius 2 is 2.16 bits per heavy atom. The molecule has 2 N–H and O–H groups in total. The van der Waals surface area contributed by atoms with Crippen molar-refractivity contribution < 1.29 is 14.6 Å². The molecule has 0 radical (unpaired) electrons. The first-order chi connectivity index (χ1) is 12.0. The van der Waals surface area contributed by atoms with Crippen LogP contribution in [0.1, 0.15) is 34.2 Å². The number of hydrogen-bond acceptors (Lipinski definition) is 6. The summed E-state index contributed by atoms with van der Waals surface area (Å²) >= 11 is 0. The molecule has 1 aromatic carbocycles. The van der Waals surface area contributed by atoms with Gasteiger partial charge in [-0.1, -0.05) is 12.1 Å². The summed E-state index contributed by atoms with van der Waals surface area (Å²) in [5.74, 6) is 0.911. The highest BCUT2D eigenvalue weighted by Crippen LogP contribution is 2.34. The van der Waals surface area contributed by atoms with Crippen molar-refractivity contribution >= 4 is 11.9 Å². The number of β-amino-alcohol motifs (C(OH)–C–C–N with tert-alkyl or cyclic N) is 1. The zero-order valence-corrected chi connectivity index (χ0v) is 14.6. The average molecular weight is 342 g/mol. The molecular formula is C18H22N4O3. The lowest BCUT2D eigenvalue weighted by Gasteiger charge is -2.25. The fourth-order valence-corrected chi connectivity index (χ4v) is 3.14. The van der Waals surface area contributed by atoms with E-state index < -0.39 is 6.10 Å². The summed E-state index contributed by atoms with van der Waals surface area (Å²) in [5, 5.41) is 13.0. The molecule has 3 rings (SSSR count). The molecule has 0 aliphatic carbocycles. The second kappa shape index (κ2) is 7.06. The molecule has 1 saturated heterocycles. The minimum Gasteiger partial charge on any atom is -0.497 e. The van der Waals surface area contributed by atoms with Gasteiger partial charge >= 0.3 is 0 Å². The number of rotatable bonds is 4. The number of anilines is 1.